The smallest absolute Gasteiger partial charge is 0.136 e. The summed E-state index contributed by atoms with van der Waals surface area (Å²) < 4.78 is 8.46. The second kappa shape index (κ2) is 9.30. The Morgan fingerprint density at radius 2 is 1.65 bits per heavy atom. The van der Waals surface area contributed by atoms with Gasteiger partial charge >= 0.3 is 0 Å². The van der Waals surface area contributed by atoms with Crippen LogP contribution in [0.3, 0.4) is 0 Å². The predicted molar refractivity (Wildman–Crippen MR) is 170 cm³/mol. The fraction of sp³-hybridized carbons (Fsp3) is 0.297. The van der Waals surface area contributed by atoms with E-state index in [1.807, 2.05) is 0 Å². The summed E-state index contributed by atoms with van der Waals surface area (Å²) in [5.41, 5.74) is 6.01. The molecule has 0 aliphatic carbocycles. The molecule has 0 aromatic heterocycles. The molecule has 3 heteroatoms. The number of benzene rings is 4. The maximum absolute atomic E-state index is 6.35. The third kappa shape index (κ3) is 3.86. The summed E-state index contributed by atoms with van der Waals surface area (Å²) in [5, 5.41) is 5.02. The third-order valence-electron chi connectivity index (χ3n) is 8.81. The highest BCUT2D eigenvalue weighted by atomic mass is 16.5. The van der Waals surface area contributed by atoms with Crippen LogP contribution in [0.1, 0.15) is 52.7 Å². The number of hydrogen-bond acceptors (Lipinski definition) is 2. The minimum absolute atomic E-state index is 0.161. The summed E-state index contributed by atoms with van der Waals surface area (Å²) in [5.74, 6) is 1.44. The Hall–Kier alpha value is -3.98. The van der Waals surface area contributed by atoms with Gasteiger partial charge in [0.1, 0.15) is 17.5 Å². The molecule has 4 aromatic carbocycles. The van der Waals surface area contributed by atoms with Crippen molar-refractivity contribution >= 4 is 39.6 Å². The van der Waals surface area contributed by atoms with Gasteiger partial charge in [-0.2, -0.15) is 0 Å². The third-order valence-corrected chi connectivity index (χ3v) is 8.81. The highest BCUT2D eigenvalue weighted by molar-refractivity contribution is 5.99. The first-order valence-electron chi connectivity index (χ1n) is 14.4. The van der Waals surface area contributed by atoms with E-state index in [1.54, 1.807) is 0 Å². The molecule has 0 saturated heterocycles. The summed E-state index contributed by atoms with van der Waals surface area (Å²) in [6.45, 7) is 18.8. The van der Waals surface area contributed by atoms with E-state index in [2.05, 4.69) is 150 Å². The van der Waals surface area contributed by atoms with Crippen molar-refractivity contribution in [3.8, 4) is 5.75 Å². The van der Waals surface area contributed by atoms with Gasteiger partial charge in [-0.3, -0.25) is 4.58 Å². The molecule has 6 rings (SSSR count). The van der Waals surface area contributed by atoms with E-state index < -0.39 is 0 Å². The predicted octanol–water partition coefficient (Wildman–Crippen LogP) is 9.06. The van der Waals surface area contributed by atoms with Crippen LogP contribution in [-0.4, -0.2) is 24.9 Å². The van der Waals surface area contributed by atoms with Crippen LogP contribution >= 0.6 is 0 Å². The van der Waals surface area contributed by atoms with Gasteiger partial charge in [-0.05, 0) is 51.4 Å². The Morgan fingerprint density at radius 3 is 2.42 bits per heavy atom. The molecular weight excluding hydrogens is 488 g/mol. The summed E-state index contributed by atoms with van der Waals surface area (Å²) in [6, 6.07) is 25.1. The van der Waals surface area contributed by atoms with E-state index in [-0.39, 0.29) is 10.8 Å². The Balaban J connectivity index is 1.38. The van der Waals surface area contributed by atoms with Gasteiger partial charge in [0.05, 0.1) is 13.3 Å². The molecule has 0 N–H and O–H groups in total. The highest BCUT2D eigenvalue weighted by Crippen LogP contribution is 2.53. The number of hydrogen-bond donors (Lipinski definition) is 0. The fourth-order valence-corrected chi connectivity index (χ4v) is 6.89. The monoisotopic (exact) mass is 528 g/mol. The number of fused-ring (bicyclic) bond motifs is 6. The van der Waals surface area contributed by atoms with E-state index in [4.69, 9.17) is 4.74 Å². The molecule has 204 valence electrons. The number of rotatable bonds is 5. The van der Waals surface area contributed by atoms with Crippen molar-refractivity contribution in [2.75, 3.05) is 18.6 Å². The van der Waals surface area contributed by atoms with Crippen molar-refractivity contribution in [2.45, 2.75) is 52.4 Å². The number of likely N-dealkylation sites (N-methyl/N-ethyl adjacent to an activating group) is 1. The molecule has 40 heavy (non-hydrogen) atoms. The molecule has 0 saturated carbocycles. The van der Waals surface area contributed by atoms with Crippen LogP contribution in [0, 0.1) is 12.0 Å². The number of anilines is 1. The molecule has 0 fully saturated rings. The molecule has 0 radical (unpaired) electrons. The fourth-order valence-electron chi connectivity index (χ4n) is 6.89. The van der Waals surface area contributed by atoms with Crippen LogP contribution < -0.4 is 9.64 Å². The lowest BCUT2D eigenvalue weighted by molar-refractivity contribution is -0.405. The summed E-state index contributed by atoms with van der Waals surface area (Å²) in [6.07, 6.45) is 6.74. The maximum atomic E-state index is 6.35. The molecule has 2 aliphatic rings. The van der Waals surface area contributed by atoms with Gasteiger partial charge in [-0.25, -0.2) is 0 Å². The van der Waals surface area contributed by atoms with Gasteiger partial charge in [-0.1, -0.05) is 102 Å². The first-order chi connectivity index (χ1) is 19.0. The van der Waals surface area contributed by atoms with Gasteiger partial charge in [-0.15, -0.1) is 6.08 Å². The Morgan fingerprint density at radius 1 is 0.925 bits per heavy atom. The van der Waals surface area contributed by atoms with E-state index in [0.29, 0.717) is 12.5 Å². The lowest BCUT2D eigenvalue weighted by Gasteiger charge is -2.26. The lowest BCUT2D eigenvalue weighted by atomic mass is 9.78. The molecule has 0 atom stereocenters. The van der Waals surface area contributed by atoms with E-state index in [1.165, 1.54) is 55.8 Å². The number of ether oxygens (including phenoxy) is 1. The molecule has 0 bridgehead atoms. The van der Waals surface area contributed by atoms with Crippen molar-refractivity contribution < 1.29 is 9.31 Å². The van der Waals surface area contributed by atoms with Crippen LogP contribution in [0.5, 0.6) is 5.75 Å². The van der Waals surface area contributed by atoms with Crippen LogP contribution in [0.2, 0.25) is 0 Å². The Kier molecular flexibility index (Phi) is 6.10. The Labute approximate surface area is 239 Å². The van der Waals surface area contributed by atoms with Gasteiger partial charge in [0.2, 0.25) is 0 Å². The molecule has 4 aromatic rings. The first kappa shape index (κ1) is 26.3. The van der Waals surface area contributed by atoms with Crippen LogP contribution in [-0.2, 0) is 10.8 Å². The highest BCUT2D eigenvalue weighted by Gasteiger charge is 2.44. The Bertz CT molecular complexity index is 1720. The zero-order valence-electron chi connectivity index (χ0n) is 24.9. The zero-order valence-corrected chi connectivity index (χ0v) is 24.9. The normalized spacial score (nSPS) is 18.5. The number of allylic oxidation sites excluding steroid dienone is 3. The van der Waals surface area contributed by atoms with Crippen molar-refractivity contribution in [1.82, 2.24) is 0 Å². The first-order valence-corrected chi connectivity index (χ1v) is 14.4. The van der Waals surface area contributed by atoms with Crippen LogP contribution in [0.15, 0.2) is 90.7 Å². The quantitative estimate of drug-likeness (QED) is 0.190. The molecule has 0 amide bonds. The lowest BCUT2D eigenvalue weighted by Crippen LogP contribution is -2.24. The number of nitrogens with zero attached hydrogens (tertiary/aromatic N) is 2. The molecule has 0 unspecified atom stereocenters. The summed E-state index contributed by atoms with van der Waals surface area (Å²) >= 11 is 0. The van der Waals surface area contributed by atoms with E-state index >= 15 is 0 Å². The summed E-state index contributed by atoms with van der Waals surface area (Å²) in [7, 11) is 2.18. The second-order valence-corrected chi connectivity index (χ2v) is 12.7. The zero-order chi connectivity index (χ0) is 28.4. The molecule has 0 spiro atoms. The second-order valence-electron chi connectivity index (χ2n) is 12.7. The largest absolute Gasteiger partial charge is 0.493 e. The van der Waals surface area contributed by atoms with Gasteiger partial charge < -0.3 is 9.64 Å². The van der Waals surface area contributed by atoms with Crippen molar-refractivity contribution in [3.05, 3.63) is 108 Å². The van der Waals surface area contributed by atoms with Gasteiger partial charge in [0.15, 0.2) is 0 Å². The van der Waals surface area contributed by atoms with Crippen molar-refractivity contribution in [2.24, 2.45) is 5.92 Å². The van der Waals surface area contributed by atoms with Gasteiger partial charge in [0.25, 0.3) is 0 Å². The van der Waals surface area contributed by atoms with Crippen molar-refractivity contribution in [3.63, 3.8) is 0 Å². The minimum Gasteiger partial charge on any atom is -0.493 e. The summed E-state index contributed by atoms with van der Waals surface area (Å²) in [4.78, 5) is 2.34. The average molecular weight is 529 g/mol. The van der Waals surface area contributed by atoms with Crippen molar-refractivity contribution in [1.29, 1.82) is 0 Å². The molecule has 2 aliphatic heterocycles. The van der Waals surface area contributed by atoms with Crippen LogP contribution in [0.4, 0.5) is 11.4 Å². The average Bonchev–Trinajstić information content (AvgIpc) is 3.25. The molecule has 2 heterocycles. The van der Waals surface area contributed by atoms with E-state index in [0.717, 1.165) is 5.75 Å². The minimum atomic E-state index is -0.190. The topological polar surface area (TPSA) is 15.5 Å². The standard InChI is InChI=1S/C37H40N2O/c1-24(2)23-40-30-16-11-14-26-20-22-29-35(33(26)30)37(5,6)32(39(29)8)18-12-17-31-36(3,4)34-27-15-10-9-13-25(27)19-21-28(34)38(31)7/h9-22,24H,7,23H2,1-6,8H3/b17-12+,32-18+. The van der Waals surface area contributed by atoms with E-state index in [9.17, 15) is 0 Å². The van der Waals surface area contributed by atoms with Crippen LogP contribution in [0.25, 0.3) is 21.5 Å². The van der Waals surface area contributed by atoms with Gasteiger partial charge in [0, 0.05) is 34.6 Å². The SMILES string of the molecule is C=[N+]1c2ccc3ccccc3c2C(C)(C)[C-]1/C=C/C=C1/N(C)c2ccc3cccc(OCC(C)C)c3c2C1(C)C. The molecular formula is C37H40N2O. The molecule has 3 nitrogen and oxygen atoms in total. The maximum Gasteiger partial charge on any atom is 0.136 e.